The van der Waals surface area contributed by atoms with Crippen molar-refractivity contribution >= 4 is 28.2 Å². The molecule has 1 aliphatic carbocycles. The normalized spacial score (nSPS) is 25.3. The summed E-state index contributed by atoms with van der Waals surface area (Å²) < 4.78 is 11.7. The number of hydrogen-bond acceptors (Lipinski definition) is 4. The Hall–Kier alpha value is -0.950. The number of nitrogens with zero attached hydrogens (tertiary/aromatic N) is 2. The number of carbonyl (C=O) groups is 1. The van der Waals surface area contributed by atoms with Crippen LogP contribution in [0.5, 0.6) is 0 Å². The van der Waals surface area contributed by atoms with E-state index >= 15 is 0 Å². The molecule has 2 aliphatic rings. The molecule has 1 N–H and O–H groups in total. The zero-order valence-corrected chi connectivity index (χ0v) is 14.5. The Kier molecular flexibility index (Phi) is 4.82. The van der Waals surface area contributed by atoms with Crippen molar-refractivity contribution in [3.63, 3.8) is 0 Å². The number of piperidine rings is 1. The second-order valence-electron chi connectivity index (χ2n) is 6.22. The van der Waals surface area contributed by atoms with Crippen molar-refractivity contribution in [3.8, 4) is 0 Å². The quantitative estimate of drug-likeness (QED) is 0.916. The Labute approximate surface area is 138 Å². The minimum Gasteiger partial charge on any atom is -0.336 e. The molecular formula is C15H23N3O2S2. The highest BCUT2D eigenvalue weighted by atomic mass is 32.2. The largest absolute Gasteiger partial charge is 0.336 e. The first-order valence-corrected chi connectivity index (χ1v) is 10.3. The summed E-state index contributed by atoms with van der Waals surface area (Å²) in [6.45, 7) is 1.30. The van der Waals surface area contributed by atoms with Crippen LogP contribution in [0.15, 0.2) is 11.6 Å². The second-order valence-corrected chi connectivity index (χ2v) is 8.93. The van der Waals surface area contributed by atoms with Gasteiger partial charge >= 0.3 is 6.03 Å². The van der Waals surface area contributed by atoms with Gasteiger partial charge in [0, 0.05) is 41.7 Å². The number of rotatable bonds is 4. The number of likely N-dealkylation sites (tertiary alicyclic amines) is 1. The minimum atomic E-state index is -0.885. The molecule has 0 unspecified atom stereocenters. The van der Waals surface area contributed by atoms with Gasteiger partial charge in [0.1, 0.15) is 5.01 Å². The molecule has 0 spiro atoms. The van der Waals surface area contributed by atoms with Gasteiger partial charge < -0.3 is 10.2 Å². The molecule has 122 valence electrons. The number of thiazole rings is 1. The van der Waals surface area contributed by atoms with E-state index in [1.807, 2.05) is 10.3 Å². The van der Waals surface area contributed by atoms with Crippen LogP contribution in [0.1, 0.15) is 49.6 Å². The highest BCUT2D eigenvalue weighted by Crippen LogP contribution is 2.37. The zero-order valence-electron chi connectivity index (χ0n) is 12.9. The average Bonchev–Trinajstić information content (AvgIpc) is 2.99. The van der Waals surface area contributed by atoms with Crippen LogP contribution in [0.3, 0.4) is 0 Å². The van der Waals surface area contributed by atoms with Crippen molar-refractivity contribution in [3.05, 3.63) is 16.6 Å². The van der Waals surface area contributed by atoms with Crippen LogP contribution in [0.4, 0.5) is 4.79 Å². The highest BCUT2D eigenvalue weighted by Gasteiger charge is 2.41. The molecule has 3 rings (SSSR count). The Balaban J connectivity index is 1.64. The molecule has 7 heteroatoms. The van der Waals surface area contributed by atoms with Crippen molar-refractivity contribution in [1.82, 2.24) is 15.2 Å². The Bertz CT molecular complexity index is 543. The fourth-order valence-electron chi connectivity index (χ4n) is 3.31. The first kappa shape index (κ1) is 15.9. The summed E-state index contributed by atoms with van der Waals surface area (Å²) in [5.41, 5.74) is 0. The third-order valence-electron chi connectivity index (χ3n) is 4.94. The van der Waals surface area contributed by atoms with Gasteiger partial charge in [-0.25, -0.2) is 9.78 Å². The lowest BCUT2D eigenvalue weighted by Gasteiger charge is -2.41. The van der Waals surface area contributed by atoms with Gasteiger partial charge in [0.25, 0.3) is 0 Å². The molecule has 0 aromatic carbocycles. The summed E-state index contributed by atoms with van der Waals surface area (Å²) in [7, 11) is -0.885. The predicted molar refractivity (Wildman–Crippen MR) is 89.5 cm³/mol. The first-order chi connectivity index (χ1) is 10.6. The molecular weight excluding hydrogens is 318 g/mol. The van der Waals surface area contributed by atoms with Gasteiger partial charge in [-0.05, 0) is 32.1 Å². The third kappa shape index (κ3) is 3.06. The van der Waals surface area contributed by atoms with Crippen LogP contribution in [0.25, 0.3) is 0 Å². The first-order valence-electron chi connectivity index (χ1n) is 7.90. The van der Waals surface area contributed by atoms with Crippen LogP contribution >= 0.6 is 11.3 Å². The van der Waals surface area contributed by atoms with Gasteiger partial charge in [0.2, 0.25) is 0 Å². The zero-order chi connectivity index (χ0) is 15.6. The fraction of sp³-hybridized carbons (Fsp3) is 0.733. The molecule has 2 atom stereocenters. The standard InChI is InChI=1S/C15H23N3O2S2/c1-22(20)15(6-4-7-15)11-17-14(19)18-9-3-2-5-12(18)13-16-8-10-21-13/h8,10,12H,2-7,9,11H2,1H3,(H,17,19)/t12-,22-/m0/s1. The van der Waals surface area contributed by atoms with Crippen molar-refractivity contribution in [1.29, 1.82) is 0 Å². The number of urea groups is 1. The number of amides is 2. The molecule has 5 nitrogen and oxygen atoms in total. The topological polar surface area (TPSA) is 62.3 Å². The van der Waals surface area contributed by atoms with E-state index in [1.165, 1.54) is 0 Å². The highest BCUT2D eigenvalue weighted by molar-refractivity contribution is 7.85. The van der Waals surface area contributed by atoms with Crippen molar-refractivity contribution < 1.29 is 9.00 Å². The number of nitrogens with one attached hydrogen (secondary N) is 1. The lowest BCUT2D eigenvalue weighted by molar-refractivity contribution is 0.149. The number of aromatic nitrogens is 1. The smallest absolute Gasteiger partial charge is 0.318 e. The summed E-state index contributed by atoms with van der Waals surface area (Å²) in [5.74, 6) is 0. The van der Waals surface area contributed by atoms with E-state index in [0.29, 0.717) is 6.54 Å². The summed E-state index contributed by atoms with van der Waals surface area (Å²) in [6.07, 6.45) is 9.72. The van der Waals surface area contributed by atoms with E-state index in [-0.39, 0.29) is 16.8 Å². The maximum absolute atomic E-state index is 12.6. The van der Waals surface area contributed by atoms with Crippen molar-refractivity contribution in [2.75, 3.05) is 19.3 Å². The van der Waals surface area contributed by atoms with E-state index in [0.717, 1.165) is 50.1 Å². The molecule has 1 aromatic rings. The van der Waals surface area contributed by atoms with E-state index in [4.69, 9.17) is 0 Å². The Morgan fingerprint density at radius 2 is 2.32 bits per heavy atom. The molecule has 1 saturated carbocycles. The van der Waals surface area contributed by atoms with Crippen molar-refractivity contribution in [2.45, 2.75) is 49.3 Å². The predicted octanol–water partition coefficient (Wildman–Crippen LogP) is 2.68. The Morgan fingerprint density at radius 1 is 1.50 bits per heavy atom. The lowest BCUT2D eigenvalue weighted by atomic mass is 9.84. The summed E-state index contributed by atoms with van der Waals surface area (Å²) in [6, 6.07) is 0.0647. The second kappa shape index (κ2) is 6.66. The minimum absolute atomic E-state index is 0.0309. The summed E-state index contributed by atoms with van der Waals surface area (Å²) in [5, 5.41) is 6.02. The summed E-state index contributed by atoms with van der Waals surface area (Å²) in [4.78, 5) is 18.9. The van der Waals surface area contributed by atoms with Gasteiger partial charge in [-0.15, -0.1) is 11.3 Å². The van der Waals surface area contributed by atoms with Crippen LogP contribution in [0, 0.1) is 0 Å². The van der Waals surface area contributed by atoms with E-state index < -0.39 is 10.8 Å². The SMILES string of the molecule is C[S@](=O)C1(CNC(=O)N2CCCC[C@H]2c2nccs2)CCC1. The molecule has 2 amide bonds. The van der Waals surface area contributed by atoms with Crippen LogP contribution in [0.2, 0.25) is 0 Å². The van der Waals surface area contributed by atoms with Gasteiger partial charge in [0.05, 0.1) is 10.8 Å². The lowest BCUT2D eigenvalue weighted by Crippen LogP contribution is -2.54. The fourth-order valence-corrected chi connectivity index (χ4v) is 5.23. The van der Waals surface area contributed by atoms with Gasteiger partial charge in [-0.1, -0.05) is 6.42 Å². The van der Waals surface area contributed by atoms with Crippen LogP contribution in [-0.2, 0) is 10.8 Å². The molecule has 0 radical (unpaired) electrons. The number of carbonyl (C=O) groups excluding carboxylic acids is 1. The molecule has 1 saturated heterocycles. The maximum atomic E-state index is 12.6. The molecule has 1 aliphatic heterocycles. The maximum Gasteiger partial charge on any atom is 0.318 e. The molecule has 0 bridgehead atoms. The van der Waals surface area contributed by atoms with Crippen LogP contribution in [-0.4, -0.2) is 44.2 Å². The number of hydrogen-bond donors (Lipinski definition) is 1. The van der Waals surface area contributed by atoms with Crippen molar-refractivity contribution in [2.24, 2.45) is 0 Å². The Morgan fingerprint density at radius 3 is 2.91 bits per heavy atom. The monoisotopic (exact) mass is 341 g/mol. The average molecular weight is 342 g/mol. The van der Waals surface area contributed by atoms with E-state index in [1.54, 1.807) is 23.8 Å². The van der Waals surface area contributed by atoms with E-state index in [2.05, 4.69) is 10.3 Å². The molecule has 1 aromatic heterocycles. The molecule has 22 heavy (non-hydrogen) atoms. The van der Waals surface area contributed by atoms with Gasteiger partial charge in [0.15, 0.2) is 0 Å². The summed E-state index contributed by atoms with van der Waals surface area (Å²) >= 11 is 1.61. The molecule has 2 fully saturated rings. The van der Waals surface area contributed by atoms with Gasteiger partial charge in [-0.2, -0.15) is 0 Å². The van der Waals surface area contributed by atoms with Crippen LogP contribution < -0.4 is 5.32 Å². The van der Waals surface area contributed by atoms with E-state index in [9.17, 15) is 9.00 Å². The molecule has 2 heterocycles. The van der Waals surface area contributed by atoms with Gasteiger partial charge in [-0.3, -0.25) is 4.21 Å². The third-order valence-corrected chi connectivity index (χ3v) is 7.59.